The van der Waals surface area contributed by atoms with E-state index in [4.69, 9.17) is 10.00 Å². The Morgan fingerprint density at radius 1 is 1.22 bits per heavy atom. The summed E-state index contributed by atoms with van der Waals surface area (Å²) >= 11 is 0. The molecule has 0 radical (unpaired) electrons. The van der Waals surface area contributed by atoms with Crippen LogP contribution in [0.4, 0.5) is 4.79 Å². The van der Waals surface area contributed by atoms with Gasteiger partial charge in [0.05, 0.1) is 12.1 Å². The highest BCUT2D eigenvalue weighted by atomic mass is 16.6. The van der Waals surface area contributed by atoms with Gasteiger partial charge in [0.15, 0.2) is 0 Å². The van der Waals surface area contributed by atoms with Crippen LogP contribution in [0.25, 0.3) is 0 Å². The molecular formula is C17H30N2O4. The largest absolute Gasteiger partial charge is 0.444 e. The van der Waals surface area contributed by atoms with E-state index in [1.807, 2.05) is 19.9 Å². The summed E-state index contributed by atoms with van der Waals surface area (Å²) in [6.45, 7) is 10.8. The fourth-order valence-corrected chi connectivity index (χ4v) is 1.94. The highest BCUT2D eigenvalue weighted by Gasteiger charge is 2.27. The molecule has 0 aliphatic carbocycles. The van der Waals surface area contributed by atoms with Crippen molar-refractivity contribution < 1.29 is 19.4 Å². The number of amides is 1. The molecule has 132 valence electrons. The summed E-state index contributed by atoms with van der Waals surface area (Å²) in [6.07, 6.45) is 2.25. The van der Waals surface area contributed by atoms with Gasteiger partial charge in [-0.1, -0.05) is 13.8 Å². The minimum atomic E-state index is -1.34. The Morgan fingerprint density at radius 2 is 1.78 bits per heavy atom. The number of rotatable bonds is 8. The van der Waals surface area contributed by atoms with Crippen molar-refractivity contribution >= 4 is 12.4 Å². The quantitative estimate of drug-likeness (QED) is 0.528. The minimum absolute atomic E-state index is 0.155. The number of hydrogen-bond donors (Lipinski definition) is 2. The van der Waals surface area contributed by atoms with Crippen LogP contribution in [0.15, 0.2) is 0 Å². The second-order valence-electron chi connectivity index (χ2n) is 7.98. The summed E-state index contributed by atoms with van der Waals surface area (Å²) in [5.74, 6) is 0. The van der Waals surface area contributed by atoms with Gasteiger partial charge < -0.3 is 20.0 Å². The van der Waals surface area contributed by atoms with Gasteiger partial charge in [0, 0.05) is 0 Å². The van der Waals surface area contributed by atoms with Gasteiger partial charge in [0.25, 0.3) is 0 Å². The van der Waals surface area contributed by atoms with Crippen LogP contribution in [0.5, 0.6) is 0 Å². The van der Waals surface area contributed by atoms with E-state index < -0.39 is 23.3 Å². The molecular weight excluding hydrogens is 296 g/mol. The molecule has 0 rings (SSSR count). The number of aldehydes is 1. The fourth-order valence-electron chi connectivity index (χ4n) is 1.94. The van der Waals surface area contributed by atoms with Crippen LogP contribution in [-0.4, -0.2) is 34.7 Å². The summed E-state index contributed by atoms with van der Waals surface area (Å²) in [4.78, 5) is 22.8. The molecule has 0 aliphatic heterocycles. The molecule has 0 saturated heterocycles. The lowest BCUT2D eigenvalue weighted by atomic mass is 9.79. The van der Waals surface area contributed by atoms with Crippen molar-refractivity contribution in [2.24, 2.45) is 5.41 Å². The standard InChI is InChI=1S/C17H30N2O4/c1-15(2,3)23-14(21)19-13(11-20)7-8-16(4,5)9-10-17(6,22)12-18/h11,13,22H,7-10H2,1-6H3,(H,19,21)/t13-,17?/m0/s1. The fraction of sp³-hybridized carbons (Fsp3) is 0.824. The Kier molecular flexibility index (Phi) is 7.72. The maximum Gasteiger partial charge on any atom is 0.408 e. The van der Waals surface area contributed by atoms with E-state index in [-0.39, 0.29) is 5.41 Å². The first-order chi connectivity index (χ1) is 10.3. The monoisotopic (exact) mass is 326 g/mol. The molecule has 0 spiro atoms. The number of nitrogens with zero attached hydrogens (tertiary/aromatic N) is 1. The topological polar surface area (TPSA) is 99.4 Å². The third-order valence-electron chi connectivity index (χ3n) is 3.53. The molecule has 0 fully saturated rings. The van der Waals surface area contributed by atoms with E-state index in [0.717, 1.165) is 0 Å². The van der Waals surface area contributed by atoms with Crippen molar-refractivity contribution in [1.82, 2.24) is 5.32 Å². The lowest BCUT2D eigenvalue weighted by molar-refractivity contribution is -0.109. The average molecular weight is 326 g/mol. The predicted molar refractivity (Wildman–Crippen MR) is 87.7 cm³/mol. The second-order valence-corrected chi connectivity index (χ2v) is 7.98. The lowest BCUT2D eigenvalue weighted by Gasteiger charge is -2.28. The molecule has 0 heterocycles. The summed E-state index contributed by atoms with van der Waals surface area (Å²) < 4.78 is 5.13. The van der Waals surface area contributed by atoms with Crippen molar-refractivity contribution in [3.05, 3.63) is 0 Å². The van der Waals surface area contributed by atoms with Crippen LogP contribution >= 0.6 is 0 Å². The molecule has 1 amide bonds. The first kappa shape index (κ1) is 21.4. The van der Waals surface area contributed by atoms with Crippen LogP contribution in [0.2, 0.25) is 0 Å². The highest BCUT2D eigenvalue weighted by molar-refractivity contribution is 5.73. The summed E-state index contributed by atoms with van der Waals surface area (Å²) in [7, 11) is 0. The lowest BCUT2D eigenvalue weighted by Crippen LogP contribution is -2.40. The maximum absolute atomic E-state index is 11.7. The van der Waals surface area contributed by atoms with Crippen LogP contribution in [0, 0.1) is 16.7 Å². The number of nitrogens with one attached hydrogen (secondary N) is 1. The van der Waals surface area contributed by atoms with E-state index in [0.29, 0.717) is 32.0 Å². The van der Waals surface area contributed by atoms with Gasteiger partial charge in [0.2, 0.25) is 0 Å². The molecule has 0 aromatic heterocycles. The number of alkyl carbamates (subject to hydrolysis) is 1. The third kappa shape index (κ3) is 10.7. The van der Waals surface area contributed by atoms with Crippen molar-refractivity contribution in [3.63, 3.8) is 0 Å². The molecule has 0 saturated carbocycles. The number of hydrogen-bond acceptors (Lipinski definition) is 5. The summed E-state index contributed by atoms with van der Waals surface area (Å²) in [6, 6.07) is 1.25. The molecule has 0 aromatic rings. The normalized spacial score (nSPS) is 15.9. The van der Waals surface area contributed by atoms with E-state index in [9.17, 15) is 14.7 Å². The first-order valence-corrected chi connectivity index (χ1v) is 7.89. The number of aliphatic hydroxyl groups is 1. The zero-order valence-electron chi connectivity index (χ0n) is 15.1. The van der Waals surface area contributed by atoms with Crippen molar-refractivity contribution in [2.75, 3.05) is 0 Å². The first-order valence-electron chi connectivity index (χ1n) is 7.89. The summed E-state index contributed by atoms with van der Waals surface area (Å²) in [5.41, 5.74) is -2.10. The Hall–Kier alpha value is -1.61. The molecule has 0 bridgehead atoms. The van der Waals surface area contributed by atoms with E-state index in [2.05, 4.69) is 5.32 Å². The summed E-state index contributed by atoms with van der Waals surface area (Å²) in [5, 5.41) is 21.1. The average Bonchev–Trinajstić information content (AvgIpc) is 2.39. The molecule has 6 nitrogen and oxygen atoms in total. The number of carbonyl (C=O) groups excluding carboxylic acids is 2. The third-order valence-corrected chi connectivity index (χ3v) is 3.53. The number of carbonyl (C=O) groups is 2. The molecule has 6 heteroatoms. The van der Waals surface area contributed by atoms with E-state index >= 15 is 0 Å². The van der Waals surface area contributed by atoms with Crippen LogP contribution in [-0.2, 0) is 9.53 Å². The Balaban J connectivity index is 4.41. The molecule has 23 heavy (non-hydrogen) atoms. The molecule has 0 aliphatic rings. The molecule has 2 N–H and O–H groups in total. The Labute approximate surface area is 139 Å². The zero-order chi connectivity index (χ0) is 18.3. The van der Waals surface area contributed by atoms with Crippen molar-refractivity contribution in [1.29, 1.82) is 5.26 Å². The van der Waals surface area contributed by atoms with Gasteiger partial charge in [-0.05, 0) is 58.8 Å². The van der Waals surface area contributed by atoms with Crippen molar-refractivity contribution in [3.8, 4) is 6.07 Å². The number of nitriles is 1. The highest BCUT2D eigenvalue weighted by Crippen LogP contribution is 2.31. The van der Waals surface area contributed by atoms with Gasteiger partial charge >= 0.3 is 6.09 Å². The van der Waals surface area contributed by atoms with Crippen LogP contribution < -0.4 is 5.32 Å². The second kappa shape index (κ2) is 8.30. The van der Waals surface area contributed by atoms with Crippen LogP contribution in [0.1, 0.15) is 67.2 Å². The van der Waals surface area contributed by atoms with E-state index in [1.165, 1.54) is 6.92 Å². The van der Waals surface area contributed by atoms with Crippen molar-refractivity contribution in [2.45, 2.75) is 84.5 Å². The molecule has 2 atom stereocenters. The Morgan fingerprint density at radius 3 is 2.22 bits per heavy atom. The minimum Gasteiger partial charge on any atom is -0.444 e. The molecule has 1 unspecified atom stereocenters. The van der Waals surface area contributed by atoms with Gasteiger partial charge in [-0.25, -0.2) is 4.79 Å². The van der Waals surface area contributed by atoms with Crippen LogP contribution in [0.3, 0.4) is 0 Å². The number of ether oxygens (including phenoxy) is 1. The zero-order valence-corrected chi connectivity index (χ0v) is 15.1. The van der Waals surface area contributed by atoms with Gasteiger partial charge in [-0.15, -0.1) is 0 Å². The van der Waals surface area contributed by atoms with E-state index in [1.54, 1.807) is 20.8 Å². The maximum atomic E-state index is 11.7. The smallest absolute Gasteiger partial charge is 0.408 e. The van der Waals surface area contributed by atoms with Gasteiger partial charge in [0.1, 0.15) is 17.5 Å². The van der Waals surface area contributed by atoms with Gasteiger partial charge in [-0.2, -0.15) is 5.26 Å². The van der Waals surface area contributed by atoms with Gasteiger partial charge in [-0.3, -0.25) is 0 Å². The molecule has 0 aromatic carbocycles. The Bertz CT molecular complexity index is 444. The SMILES string of the molecule is CC(O)(C#N)CCC(C)(C)CC[C@@H](C=O)NC(=O)OC(C)(C)C. The predicted octanol–water partition coefficient (Wildman–Crippen LogP) is 2.94.